The number of carbonyl (C=O) groups is 2. The van der Waals surface area contributed by atoms with Gasteiger partial charge < -0.3 is 15.2 Å². The third-order valence-corrected chi connectivity index (χ3v) is 6.97. The van der Waals surface area contributed by atoms with Crippen LogP contribution in [0.4, 0.5) is 10.1 Å². The summed E-state index contributed by atoms with van der Waals surface area (Å²) in [6.07, 6.45) is 0.828. The lowest BCUT2D eigenvalue weighted by Crippen LogP contribution is -2.49. The normalized spacial score (nSPS) is 23.0. The van der Waals surface area contributed by atoms with Crippen molar-refractivity contribution < 1.29 is 14.0 Å². The van der Waals surface area contributed by atoms with Gasteiger partial charge in [-0.2, -0.15) is 0 Å². The number of amides is 2. The van der Waals surface area contributed by atoms with Gasteiger partial charge in [0.15, 0.2) is 0 Å². The summed E-state index contributed by atoms with van der Waals surface area (Å²) >= 11 is 0. The van der Waals surface area contributed by atoms with Gasteiger partial charge in [0.1, 0.15) is 11.6 Å². The number of H-pyrrole nitrogens is 1. The van der Waals surface area contributed by atoms with Crippen molar-refractivity contribution in [2.24, 2.45) is 5.92 Å². The zero-order chi connectivity index (χ0) is 23.1. The largest absolute Gasteiger partial charge is 0.342 e. The molecule has 5 rings (SSSR count). The fourth-order valence-corrected chi connectivity index (χ4v) is 5.49. The fourth-order valence-electron chi connectivity index (χ4n) is 5.49. The summed E-state index contributed by atoms with van der Waals surface area (Å²) in [6.45, 7) is 5.93. The van der Waals surface area contributed by atoms with Crippen LogP contribution in [0.3, 0.4) is 0 Å². The van der Waals surface area contributed by atoms with E-state index in [0.717, 1.165) is 47.6 Å². The maximum absolute atomic E-state index is 13.5. The molecule has 0 bridgehead atoms. The Morgan fingerprint density at radius 1 is 1.18 bits per heavy atom. The lowest BCUT2D eigenvalue weighted by atomic mass is 9.82. The molecule has 1 aromatic heterocycles. The average Bonchev–Trinajstić information content (AvgIpc) is 3.33. The highest BCUT2D eigenvalue weighted by Crippen LogP contribution is 2.41. The first-order valence-corrected chi connectivity index (χ1v) is 11.4. The number of likely N-dealkylation sites (tertiary alicyclic amines) is 2. The second kappa shape index (κ2) is 8.59. The molecule has 2 aromatic carbocycles. The predicted octanol–water partition coefficient (Wildman–Crippen LogP) is 3.29. The van der Waals surface area contributed by atoms with E-state index < -0.39 is 0 Å². The van der Waals surface area contributed by atoms with Gasteiger partial charge in [0.25, 0.3) is 0 Å². The van der Waals surface area contributed by atoms with Crippen LogP contribution in [-0.4, -0.2) is 63.8 Å². The summed E-state index contributed by atoms with van der Waals surface area (Å²) in [4.78, 5) is 36.8. The predicted molar refractivity (Wildman–Crippen MR) is 124 cm³/mol. The zero-order valence-electron chi connectivity index (χ0n) is 18.8. The molecule has 7 nitrogen and oxygen atoms in total. The van der Waals surface area contributed by atoms with Crippen LogP contribution in [0.15, 0.2) is 42.5 Å². The Hall–Kier alpha value is -3.26. The Labute approximate surface area is 192 Å². The number of aryl methyl sites for hydroxylation is 1. The van der Waals surface area contributed by atoms with Crippen LogP contribution in [0, 0.1) is 18.7 Å². The number of rotatable bonds is 4. The quantitative estimate of drug-likeness (QED) is 0.641. The number of hydrogen-bond acceptors (Lipinski definition) is 4. The lowest BCUT2D eigenvalue weighted by Gasteiger charge is -2.38. The van der Waals surface area contributed by atoms with Crippen molar-refractivity contribution in [1.29, 1.82) is 0 Å². The van der Waals surface area contributed by atoms with Gasteiger partial charge in [0.05, 0.1) is 17.6 Å². The second-order valence-electron chi connectivity index (χ2n) is 9.19. The highest BCUT2D eigenvalue weighted by atomic mass is 19.1. The number of anilines is 1. The molecule has 33 heavy (non-hydrogen) atoms. The molecule has 3 aromatic rings. The molecule has 0 radical (unpaired) electrons. The molecule has 172 valence electrons. The highest BCUT2D eigenvalue weighted by molar-refractivity contribution is 5.94. The summed E-state index contributed by atoms with van der Waals surface area (Å²) in [6, 6.07) is 12.4. The molecule has 2 aliphatic heterocycles. The van der Waals surface area contributed by atoms with Crippen LogP contribution in [-0.2, 0) is 9.59 Å². The summed E-state index contributed by atoms with van der Waals surface area (Å²) in [5, 5.41) is 2.99. The van der Waals surface area contributed by atoms with Gasteiger partial charge >= 0.3 is 0 Å². The van der Waals surface area contributed by atoms with Gasteiger partial charge in [-0.15, -0.1) is 0 Å². The van der Waals surface area contributed by atoms with Crippen molar-refractivity contribution in [1.82, 2.24) is 19.8 Å². The third-order valence-electron chi connectivity index (χ3n) is 6.97. The molecule has 2 amide bonds. The molecule has 8 heteroatoms. The smallest absolute Gasteiger partial charge is 0.238 e. The Kier molecular flexibility index (Phi) is 5.62. The molecule has 0 unspecified atom stereocenters. The standard InChI is InChI=1S/C25H28FN5O2/c1-15-27-22-8-7-19(11-23(22)28-15)29-25(33)14-30-10-9-24-21(12-30)20(13-31(24)16(2)32)17-3-5-18(26)6-4-17/h3-8,11,20-21,24H,9-10,12-14H2,1-2H3,(H,27,28)(H,29,33)/t20-,21-,24-/m1/s1. The van der Waals surface area contributed by atoms with Crippen LogP contribution < -0.4 is 5.32 Å². The van der Waals surface area contributed by atoms with Gasteiger partial charge in [-0.05, 0) is 49.2 Å². The van der Waals surface area contributed by atoms with Crippen molar-refractivity contribution in [3.8, 4) is 0 Å². The average molecular weight is 450 g/mol. The first-order chi connectivity index (χ1) is 15.9. The summed E-state index contributed by atoms with van der Waals surface area (Å²) in [7, 11) is 0. The number of hydrogen-bond donors (Lipinski definition) is 2. The Morgan fingerprint density at radius 3 is 2.73 bits per heavy atom. The SMILES string of the molecule is CC(=O)N1C[C@H](c2ccc(F)cc2)[C@H]2CN(CC(=O)Nc3ccc4nc(C)[nH]c4c3)CC[C@H]21. The molecule has 0 spiro atoms. The topological polar surface area (TPSA) is 81.3 Å². The molecule has 2 N–H and O–H groups in total. The Balaban J connectivity index is 1.27. The van der Waals surface area contributed by atoms with Crippen LogP contribution >= 0.6 is 0 Å². The van der Waals surface area contributed by atoms with E-state index in [1.807, 2.05) is 42.2 Å². The van der Waals surface area contributed by atoms with E-state index in [9.17, 15) is 14.0 Å². The van der Waals surface area contributed by atoms with Gasteiger partial charge in [-0.3, -0.25) is 14.5 Å². The van der Waals surface area contributed by atoms with E-state index in [1.165, 1.54) is 12.1 Å². The first-order valence-electron chi connectivity index (χ1n) is 11.4. The number of piperidine rings is 1. The van der Waals surface area contributed by atoms with E-state index in [2.05, 4.69) is 20.2 Å². The number of halogens is 1. The molecule has 0 aliphatic carbocycles. The minimum atomic E-state index is -0.262. The zero-order valence-corrected chi connectivity index (χ0v) is 18.8. The highest BCUT2D eigenvalue weighted by Gasteiger charge is 2.46. The number of aromatic amines is 1. The van der Waals surface area contributed by atoms with Gasteiger partial charge in [-0.25, -0.2) is 9.37 Å². The van der Waals surface area contributed by atoms with Crippen molar-refractivity contribution >= 4 is 28.5 Å². The monoisotopic (exact) mass is 449 g/mol. The number of nitrogens with one attached hydrogen (secondary N) is 2. The lowest BCUT2D eigenvalue weighted by molar-refractivity contribution is -0.131. The number of carbonyl (C=O) groups excluding carboxylic acids is 2. The molecule has 3 atom stereocenters. The van der Waals surface area contributed by atoms with Crippen molar-refractivity contribution in [2.45, 2.75) is 32.2 Å². The molecular formula is C25H28FN5O2. The first kappa shape index (κ1) is 21.6. The van der Waals surface area contributed by atoms with Crippen LogP contribution in [0.5, 0.6) is 0 Å². The Morgan fingerprint density at radius 2 is 1.97 bits per heavy atom. The minimum Gasteiger partial charge on any atom is -0.342 e. The number of aromatic nitrogens is 2. The molecule has 0 saturated carbocycles. The molecule has 2 fully saturated rings. The third kappa shape index (κ3) is 4.35. The van der Waals surface area contributed by atoms with E-state index in [4.69, 9.17) is 0 Å². The summed E-state index contributed by atoms with van der Waals surface area (Å²) < 4.78 is 13.5. The van der Waals surface area contributed by atoms with Gasteiger partial charge in [-0.1, -0.05) is 12.1 Å². The maximum atomic E-state index is 13.5. The molecular weight excluding hydrogens is 421 g/mol. The van der Waals surface area contributed by atoms with Crippen LogP contribution in [0.1, 0.15) is 30.7 Å². The second-order valence-corrected chi connectivity index (χ2v) is 9.19. The fraction of sp³-hybridized carbons (Fsp3) is 0.400. The van der Waals surface area contributed by atoms with E-state index in [0.29, 0.717) is 13.1 Å². The minimum absolute atomic E-state index is 0.0659. The van der Waals surface area contributed by atoms with Crippen molar-refractivity contribution in [3.63, 3.8) is 0 Å². The van der Waals surface area contributed by atoms with E-state index >= 15 is 0 Å². The summed E-state index contributed by atoms with van der Waals surface area (Å²) in [5.74, 6) is 0.931. The van der Waals surface area contributed by atoms with E-state index in [1.54, 1.807) is 6.92 Å². The molecule has 2 aliphatic rings. The Bertz CT molecular complexity index is 1190. The van der Waals surface area contributed by atoms with Crippen LogP contribution in [0.25, 0.3) is 11.0 Å². The van der Waals surface area contributed by atoms with Crippen molar-refractivity contribution in [3.05, 3.63) is 59.7 Å². The molecule has 2 saturated heterocycles. The number of fused-ring (bicyclic) bond motifs is 2. The van der Waals surface area contributed by atoms with Crippen LogP contribution in [0.2, 0.25) is 0 Å². The van der Waals surface area contributed by atoms with Gasteiger partial charge in [0, 0.05) is 50.1 Å². The van der Waals surface area contributed by atoms with Gasteiger partial charge in [0.2, 0.25) is 11.8 Å². The van der Waals surface area contributed by atoms with E-state index in [-0.39, 0.29) is 35.5 Å². The summed E-state index contributed by atoms with van der Waals surface area (Å²) in [5.41, 5.74) is 3.54. The maximum Gasteiger partial charge on any atom is 0.238 e. The number of benzene rings is 2. The van der Waals surface area contributed by atoms with Crippen molar-refractivity contribution in [2.75, 3.05) is 31.5 Å². The number of nitrogens with zero attached hydrogens (tertiary/aromatic N) is 3. The number of imidazole rings is 1. The molecule has 3 heterocycles.